The van der Waals surface area contributed by atoms with E-state index in [-0.39, 0.29) is 12.6 Å². The first-order valence-corrected chi connectivity index (χ1v) is 6.92. The molecule has 1 aliphatic carbocycles. The molecule has 1 unspecified atom stereocenters. The highest BCUT2D eigenvalue weighted by Crippen LogP contribution is 2.31. The van der Waals surface area contributed by atoms with Crippen LogP contribution in [0.3, 0.4) is 0 Å². The zero-order valence-electron chi connectivity index (χ0n) is 12.0. The summed E-state index contributed by atoms with van der Waals surface area (Å²) in [6, 6.07) is 6.37. The number of methoxy groups -OCH3 is 1. The Morgan fingerprint density at radius 1 is 1.57 bits per heavy atom. The minimum absolute atomic E-state index is 0.0796. The molecule has 0 spiro atoms. The molecule has 21 heavy (non-hydrogen) atoms. The number of fused-ring (bicyclic) bond motifs is 1. The molecule has 0 radical (unpaired) electrons. The second-order valence-corrected chi connectivity index (χ2v) is 4.88. The lowest BCUT2D eigenvalue weighted by atomic mass is 10.0. The molecule has 0 aliphatic heterocycles. The average Bonchev–Trinajstić information content (AvgIpc) is 2.88. The van der Waals surface area contributed by atoms with Gasteiger partial charge in [0.25, 0.3) is 0 Å². The number of rotatable bonds is 5. The van der Waals surface area contributed by atoms with Crippen molar-refractivity contribution in [1.82, 2.24) is 10.6 Å². The zero-order chi connectivity index (χ0) is 15.1. The SMILES string of the molecule is COCc1ccc2c(c1)C(N/C(=N/C#N)NCCF)CC2. The van der Waals surface area contributed by atoms with E-state index in [1.807, 2.05) is 0 Å². The Kier molecular flexibility index (Phi) is 5.52. The summed E-state index contributed by atoms with van der Waals surface area (Å²) in [6.45, 7) is 0.196. The summed E-state index contributed by atoms with van der Waals surface area (Å²) in [5.74, 6) is 0.324. The maximum Gasteiger partial charge on any atom is 0.209 e. The number of halogens is 1. The van der Waals surface area contributed by atoms with Gasteiger partial charge in [0.1, 0.15) is 6.67 Å². The van der Waals surface area contributed by atoms with E-state index in [4.69, 9.17) is 10.00 Å². The van der Waals surface area contributed by atoms with Crippen molar-refractivity contribution in [3.8, 4) is 6.19 Å². The van der Waals surface area contributed by atoms with Gasteiger partial charge in [0.15, 0.2) is 0 Å². The topological polar surface area (TPSA) is 69.4 Å². The van der Waals surface area contributed by atoms with E-state index in [2.05, 4.69) is 33.8 Å². The normalized spacial score (nSPS) is 17.2. The van der Waals surface area contributed by atoms with Gasteiger partial charge in [-0.25, -0.2) is 4.39 Å². The van der Waals surface area contributed by atoms with Gasteiger partial charge in [-0.05, 0) is 29.5 Å². The van der Waals surface area contributed by atoms with E-state index < -0.39 is 6.67 Å². The van der Waals surface area contributed by atoms with E-state index in [0.29, 0.717) is 12.6 Å². The van der Waals surface area contributed by atoms with E-state index >= 15 is 0 Å². The molecular weight excluding hydrogens is 271 g/mol. The Balaban J connectivity index is 2.11. The number of aliphatic imine (C=N–C) groups is 1. The molecule has 1 aliphatic rings. The largest absolute Gasteiger partial charge is 0.380 e. The number of aryl methyl sites for hydroxylation is 1. The van der Waals surface area contributed by atoms with Crippen LogP contribution in [0.4, 0.5) is 4.39 Å². The van der Waals surface area contributed by atoms with Crippen LogP contribution in [0.2, 0.25) is 0 Å². The number of benzene rings is 1. The van der Waals surface area contributed by atoms with E-state index in [9.17, 15) is 4.39 Å². The predicted molar refractivity (Wildman–Crippen MR) is 78.4 cm³/mol. The highest BCUT2D eigenvalue weighted by molar-refractivity contribution is 5.81. The first-order valence-electron chi connectivity index (χ1n) is 6.92. The van der Waals surface area contributed by atoms with Gasteiger partial charge < -0.3 is 15.4 Å². The van der Waals surface area contributed by atoms with Crippen LogP contribution in [0.15, 0.2) is 23.2 Å². The van der Waals surface area contributed by atoms with Crippen molar-refractivity contribution in [1.29, 1.82) is 5.26 Å². The van der Waals surface area contributed by atoms with Crippen LogP contribution in [0, 0.1) is 11.5 Å². The number of nitriles is 1. The van der Waals surface area contributed by atoms with Crippen molar-refractivity contribution in [2.24, 2.45) is 4.99 Å². The summed E-state index contributed by atoms with van der Waals surface area (Å²) >= 11 is 0. The average molecular weight is 290 g/mol. The molecule has 1 atom stereocenters. The molecule has 6 heteroatoms. The highest BCUT2D eigenvalue weighted by Gasteiger charge is 2.23. The Labute approximate surface area is 123 Å². The number of hydrogen-bond donors (Lipinski definition) is 2. The molecule has 5 nitrogen and oxygen atoms in total. The molecule has 2 rings (SSSR count). The van der Waals surface area contributed by atoms with Crippen LogP contribution >= 0.6 is 0 Å². The Morgan fingerprint density at radius 2 is 2.43 bits per heavy atom. The maximum atomic E-state index is 12.2. The minimum atomic E-state index is -0.509. The van der Waals surface area contributed by atoms with E-state index in [1.54, 1.807) is 13.3 Å². The Morgan fingerprint density at radius 3 is 3.14 bits per heavy atom. The summed E-state index contributed by atoms with van der Waals surface area (Å²) in [5, 5.41) is 14.7. The third kappa shape index (κ3) is 3.92. The number of guanidine groups is 1. The lowest BCUT2D eigenvalue weighted by molar-refractivity contribution is 0.185. The van der Waals surface area contributed by atoms with Gasteiger partial charge in [-0.1, -0.05) is 18.2 Å². The molecule has 1 aromatic carbocycles. The summed E-state index contributed by atoms with van der Waals surface area (Å²) in [5.41, 5.74) is 3.59. The zero-order valence-corrected chi connectivity index (χ0v) is 12.0. The summed E-state index contributed by atoms with van der Waals surface area (Å²) in [4.78, 5) is 3.67. The third-order valence-corrected chi connectivity index (χ3v) is 3.46. The second kappa shape index (κ2) is 7.60. The van der Waals surface area contributed by atoms with Gasteiger partial charge >= 0.3 is 0 Å². The van der Waals surface area contributed by atoms with Gasteiger partial charge in [0.2, 0.25) is 12.2 Å². The minimum Gasteiger partial charge on any atom is -0.380 e. The van der Waals surface area contributed by atoms with Crippen LogP contribution in [0.25, 0.3) is 0 Å². The van der Waals surface area contributed by atoms with Crippen LogP contribution in [0.5, 0.6) is 0 Å². The van der Waals surface area contributed by atoms with Crippen LogP contribution in [0.1, 0.15) is 29.2 Å². The molecule has 0 bridgehead atoms. The number of hydrogen-bond acceptors (Lipinski definition) is 3. The molecule has 0 heterocycles. The monoisotopic (exact) mass is 290 g/mol. The molecule has 0 aromatic heterocycles. The first kappa shape index (κ1) is 15.3. The number of ether oxygens (including phenoxy) is 1. The first-order chi connectivity index (χ1) is 10.3. The number of alkyl halides is 1. The summed E-state index contributed by atoms with van der Waals surface area (Å²) in [7, 11) is 1.67. The smallest absolute Gasteiger partial charge is 0.209 e. The fourth-order valence-corrected chi connectivity index (χ4v) is 2.56. The van der Waals surface area contributed by atoms with Gasteiger partial charge in [-0.15, -0.1) is 4.99 Å². The number of nitrogens with one attached hydrogen (secondary N) is 2. The van der Waals surface area contributed by atoms with E-state index in [1.165, 1.54) is 11.1 Å². The van der Waals surface area contributed by atoms with Crippen molar-refractivity contribution in [2.75, 3.05) is 20.3 Å². The third-order valence-electron chi connectivity index (χ3n) is 3.46. The van der Waals surface area contributed by atoms with Crippen LogP contribution in [-0.2, 0) is 17.8 Å². The van der Waals surface area contributed by atoms with Crippen molar-refractivity contribution in [2.45, 2.75) is 25.5 Å². The standard InChI is InChI=1S/C15H19FN4O/c1-21-9-11-2-3-12-4-5-14(13(12)8-11)20-15(19-10-17)18-7-6-16/h2-3,8,14H,4-7,9H2,1H3,(H2,18,19,20). The second-order valence-electron chi connectivity index (χ2n) is 4.88. The molecule has 0 amide bonds. The molecule has 2 N–H and O–H groups in total. The van der Waals surface area contributed by atoms with Crippen LogP contribution < -0.4 is 10.6 Å². The predicted octanol–water partition coefficient (Wildman–Crippen LogP) is 1.81. The molecular formula is C15H19FN4O. The van der Waals surface area contributed by atoms with Gasteiger partial charge in [0, 0.05) is 13.7 Å². The lowest BCUT2D eigenvalue weighted by Gasteiger charge is -2.17. The number of nitrogens with zero attached hydrogens (tertiary/aromatic N) is 2. The molecule has 0 saturated carbocycles. The van der Waals surface area contributed by atoms with Gasteiger partial charge in [0.05, 0.1) is 12.6 Å². The van der Waals surface area contributed by atoms with E-state index in [0.717, 1.165) is 18.4 Å². The Hall–Kier alpha value is -2.13. The highest BCUT2D eigenvalue weighted by atomic mass is 19.1. The fraction of sp³-hybridized carbons (Fsp3) is 0.467. The van der Waals surface area contributed by atoms with Crippen molar-refractivity contribution in [3.05, 3.63) is 34.9 Å². The van der Waals surface area contributed by atoms with Crippen molar-refractivity contribution < 1.29 is 9.13 Å². The van der Waals surface area contributed by atoms with Crippen molar-refractivity contribution >= 4 is 5.96 Å². The molecule has 0 saturated heterocycles. The summed E-state index contributed by atoms with van der Waals surface area (Å²) < 4.78 is 17.4. The lowest BCUT2D eigenvalue weighted by Crippen LogP contribution is -2.39. The fourth-order valence-electron chi connectivity index (χ4n) is 2.56. The summed E-state index contributed by atoms with van der Waals surface area (Å²) in [6.07, 6.45) is 3.63. The molecule has 1 aromatic rings. The quantitative estimate of drug-likeness (QED) is 0.493. The van der Waals surface area contributed by atoms with Crippen LogP contribution in [-0.4, -0.2) is 26.3 Å². The Bertz CT molecular complexity index is 553. The van der Waals surface area contributed by atoms with Gasteiger partial charge in [-0.2, -0.15) is 5.26 Å². The molecule has 0 fully saturated rings. The van der Waals surface area contributed by atoms with Crippen molar-refractivity contribution in [3.63, 3.8) is 0 Å². The van der Waals surface area contributed by atoms with Gasteiger partial charge in [-0.3, -0.25) is 0 Å². The maximum absolute atomic E-state index is 12.2. The molecule has 112 valence electrons.